The van der Waals surface area contributed by atoms with Gasteiger partial charge in [0.2, 0.25) is 11.8 Å². The molecule has 31 heavy (non-hydrogen) atoms. The minimum Gasteiger partial charge on any atom is -0.339 e. The van der Waals surface area contributed by atoms with Gasteiger partial charge in [-0.3, -0.25) is 19.4 Å². The lowest BCUT2D eigenvalue weighted by Gasteiger charge is -2.35. The lowest BCUT2D eigenvalue weighted by atomic mass is 10.1. The Labute approximate surface area is 185 Å². The van der Waals surface area contributed by atoms with Crippen molar-refractivity contribution in [1.82, 2.24) is 14.7 Å². The van der Waals surface area contributed by atoms with E-state index in [2.05, 4.69) is 41.4 Å². The maximum Gasteiger partial charge on any atom is 0.238 e. The first-order valence-corrected chi connectivity index (χ1v) is 10.9. The van der Waals surface area contributed by atoms with Crippen molar-refractivity contribution in [3.05, 3.63) is 64.7 Å². The zero-order valence-corrected chi connectivity index (χ0v) is 19.1. The van der Waals surface area contributed by atoms with Crippen LogP contribution in [0.2, 0.25) is 0 Å². The molecule has 0 bridgehead atoms. The minimum atomic E-state index is -0.110. The summed E-state index contributed by atoms with van der Waals surface area (Å²) < 4.78 is 0. The van der Waals surface area contributed by atoms with Gasteiger partial charge in [-0.2, -0.15) is 0 Å². The van der Waals surface area contributed by atoms with Crippen molar-refractivity contribution in [1.29, 1.82) is 0 Å². The van der Waals surface area contributed by atoms with Gasteiger partial charge in [-0.1, -0.05) is 35.9 Å². The quantitative estimate of drug-likeness (QED) is 0.746. The number of anilines is 1. The normalized spacial score (nSPS) is 14.7. The van der Waals surface area contributed by atoms with E-state index in [0.717, 1.165) is 44.0 Å². The topological polar surface area (TPSA) is 55.9 Å². The highest BCUT2D eigenvalue weighted by atomic mass is 16.2. The van der Waals surface area contributed by atoms with Crippen LogP contribution >= 0.6 is 0 Å². The van der Waals surface area contributed by atoms with Crippen LogP contribution in [0.4, 0.5) is 5.69 Å². The fraction of sp³-hybridized carbons (Fsp3) is 0.440. The molecular weight excluding hydrogens is 388 g/mol. The number of carbonyl (C=O) groups is 2. The highest BCUT2D eigenvalue weighted by molar-refractivity contribution is 5.92. The zero-order valence-electron chi connectivity index (χ0n) is 19.1. The van der Waals surface area contributed by atoms with E-state index in [4.69, 9.17) is 0 Å². The van der Waals surface area contributed by atoms with Crippen LogP contribution in [0, 0.1) is 20.8 Å². The van der Waals surface area contributed by atoms with Crippen LogP contribution < -0.4 is 5.32 Å². The minimum absolute atomic E-state index is 0.0803. The maximum atomic E-state index is 12.7. The summed E-state index contributed by atoms with van der Waals surface area (Å²) in [5.74, 6) is -0.0294. The van der Waals surface area contributed by atoms with Gasteiger partial charge in [0, 0.05) is 38.4 Å². The predicted octanol–water partition coefficient (Wildman–Crippen LogP) is 2.83. The van der Waals surface area contributed by atoms with Crippen molar-refractivity contribution in [3.8, 4) is 0 Å². The van der Waals surface area contributed by atoms with E-state index in [9.17, 15) is 9.59 Å². The molecule has 3 rings (SSSR count). The summed E-state index contributed by atoms with van der Waals surface area (Å²) in [6.45, 7) is 10.7. The van der Waals surface area contributed by atoms with Crippen molar-refractivity contribution in [2.75, 3.05) is 51.6 Å². The van der Waals surface area contributed by atoms with Crippen molar-refractivity contribution in [2.45, 2.75) is 27.3 Å². The molecule has 2 aromatic carbocycles. The van der Waals surface area contributed by atoms with Gasteiger partial charge in [-0.15, -0.1) is 0 Å². The zero-order chi connectivity index (χ0) is 22.4. The lowest BCUT2D eigenvalue weighted by Crippen LogP contribution is -2.51. The average molecular weight is 423 g/mol. The smallest absolute Gasteiger partial charge is 0.238 e. The Kier molecular flexibility index (Phi) is 7.82. The fourth-order valence-electron chi connectivity index (χ4n) is 3.88. The summed E-state index contributed by atoms with van der Waals surface area (Å²) in [6, 6.07) is 14.4. The van der Waals surface area contributed by atoms with Crippen LogP contribution in [-0.4, -0.2) is 72.8 Å². The molecule has 1 aliphatic rings. The Morgan fingerprint density at radius 1 is 0.935 bits per heavy atom. The number of nitrogens with zero attached hydrogens (tertiary/aromatic N) is 3. The molecule has 0 saturated carbocycles. The fourth-order valence-corrected chi connectivity index (χ4v) is 3.88. The molecule has 0 radical (unpaired) electrons. The second-order valence-electron chi connectivity index (χ2n) is 8.67. The molecule has 1 fully saturated rings. The second kappa shape index (κ2) is 10.6. The first-order chi connectivity index (χ1) is 14.8. The highest BCUT2D eigenvalue weighted by Crippen LogP contribution is 2.14. The standard InChI is InChI=1S/C25H34N4O2/c1-19-6-5-7-22(14-19)16-28-10-12-29(13-11-28)25(31)18-27(4)17-24(30)26-23-9-8-20(2)21(3)15-23/h5-9,14-15H,10-13,16-18H2,1-4H3,(H,26,30). The molecule has 0 atom stereocenters. The maximum absolute atomic E-state index is 12.7. The molecule has 0 spiro atoms. The molecular formula is C25H34N4O2. The molecule has 6 heteroatoms. The average Bonchev–Trinajstić information content (AvgIpc) is 2.71. The SMILES string of the molecule is Cc1cccc(CN2CCN(C(=O)CN(C)CC(=O)Nc3ccc(C)c(C)c3)CC2)c1. The number of carbonyl (C=O) groups excluding carboxylic acids is 2. The molecule has 1 aliphatic heterocycles. The van der Waals surface area contributed by atoms with E-state index >= 15 is 0 Å². The van der Waals surface area contributed by atoms with Gasteiger partial charge in [0.25, 0.3) is 0 Å². The number of amides is 2. The molecule has 2 amide bonds. The molecule has 1 heterocycles. The Hall–Kier alpha value is -2.70. The monoisotopic (exact) mass is 422 g/mol. The Bertz CT molecular complexity index is 919. The highest BCUT2D eigenvalue weighted by Gasteiger charge is 2.22. The van der Waals surface area contributed by atoms with Crippen molar-refractivity contribution < 1.29 is 9.59 Å². The van der Waals surface area contributed by atoms with Gasteiger partial charge in [0.05, 0.1) is 13.1 Å². The third kappa shape index (κ3) is 6.91. The third-order valence-corrected chi connectivity index (χ3v) is 5.82. The summed E-state index contributed by atoms with van der Waals surface area (Å²) in [5.41, 5.74) is 5.71. The third-order valence-electron chi connectivity index (χ3n) is 5.82. The van der Waals surface area contributed by atoms with Crippen molar-refractivity contribution >= 4 is 17.5 Å². The molecule has 1 N–H and O–H groups in total. The summed E-state index contributed by atoms with van der Waals surface area (Å²) in [4.78, 5) is 31.1. The van der Waals surface area contributed by atoms with Gasteiger partial charge in [0.15, 0.2) is 0 Å². The van der Waals surface area contributed by atoms with E-state index in [1.165, 1.54) is 16.7 Å². The van der Waals surface area contributed by atoms with Crippen molar-refractivity contribution in [2.24, 2.45) is 0 Å². The van der Waals surface area contributed by atoms with Crippen LogP contribution in [0.25, 0.3) is 0 Å². The predicted molar refractivity (Wildman–Crippen MR) is 125 cm³/mol. The molecule has 166 valence electrons. The van der Waals surface area contributed by atoms with Crippen molar-refractivity contribution in [3.63, 3.8) is 0 Å². The number of nitrogens with one attached hydrogen (secondary N) is 1. The largest absolute Gasteiger partial charge is 0.339 e. The van der Waals surface area contributed by atoms with Gasteiger partial charge in [-0.05, 0) is 56.6 Å². The number of aryl methyl sites for hydroxylation is 3. The summed E-state index contributed by atoms with van der Waals surface area (Å²) >= 11 is 0. The molecule has 0 aliphatic carbocycles. The molecule has 2 aromatic rings. The second-order valence-corrected chi connectivity index (χ2v) is 8.67. The van der Waals surface area contributed by atoms with E-state index in [1.807, 2.05) is 44.0 Å². The summed E-state index contributed by atoms with van der Waals surface area (Å²) in [5, 5.41) is 2.91. The summed E-state index contributed by atoms with van der Waals surface area (Å²) in [7, 11) is 1.81. The van der Waals surface area contributed by atoms with Crippen LogP contribution in [0.3, 0.4) is 0 Å². The van der Waals surface area contributed by atoms with Gasteiger partial charge < -0.3 is 10.2 Å². The van der Waals surface area contributed by atoms with E-state index < -0.39 is 0 Å². The molecule has 6 nitrogen and oxygen atoms in total. The van der Waals surface area contributed by atoms with Crippen LogP contribution in [0.1, 0.15) is 22.3 Å². The first kappa shape index (κ1) is 23.0. The Morgan fingerprint density at radius 2 is 1.68 bits per heavy atom. The lowest BCUT2D eigenvalue weighted by molar-refractivity contribution is -0.134. The van der Waals surface area contributed by atoms with Crippen LogP contribution in [0.5, 0.6) is 0 Å². The Balaban J connectivity index is 1.40. The Morgan fingerprint density at radius 3 is 2.35 bits per heavy atom. The number of hydrogen-bond acceptors (Lipinski definition) is 4. The van der Waals surface area contributed by atoms with E-state index in [-0.39, 0.29) is 24.9 Å². The van der Waals surface area contributed by atoms with E-state index in [1.54, 1.807) is 4.90 Å². The molecule has 0 aromatic heterocycles. The number of benzene rings is 2. The van der Waals surface area contributed by atoms with Crippen LogP contribution in [0.15, 0.2) is 42.5 Å². The molecule has 1 saturated heterocycles. The summed E-state index contributed by atoms with van der Waals surface area (Å²) in [6.07, 6.45) is 0. The molecule has 0 unspecified atom stereocenters. The van der Waals surface area contributed by atoms with Crippen LogP contribution in [-0.2, 0) is 16.1 Å². The van der Waals surface area contributed by atoms with Gasteiger partial charge in [0.1, 0.15) is 0 Å². The van der Waals surface area contributed by atoms with E-state index in [0.29, 0.717) is 0 Å². The number of likely N-dealkylation sites (N-methyl/N-ethyl adjacent to an activating group) is 1. The van der Waals surface area contributed by atoms with Gasteiger partial charge in [-0.25, -0.2) is 0 Å². The number of rotatable bonds is 7. The number of hydrogen-bond donors (Lipinski definition) is 1. The number of piperazine rings is 1. The first-order valence-electron chi connectivity index (χ1n) is 10.9. The van der Waals surface area contributed by atoms with Gasteiger partial charge >= 0.3 is 0 Å².